The number of amides is 1. The van der Waals surface area contributed by atoms with Crippen LogP contribution in [-0.4, -0.2) is 52.2 Å². The number of likely N-dealkylation sites (tertiary alicyclic amines) is 1. The van der Waals surface area contributed by atoms with Gasteiger partial charge in [-0.25, -0.2) is 4.39 Å². The monoisotopic (exact) mass is 281 g/mol. The zero-order valence-electron chi connectivity index (χ0n) is 11.3. The largest absolute Gasteiger partial charge is 0.392 e. The van der Waals surface area contributed by atoms with Crippen molar-refractivity contribution < 1.29 is 14.3 Å². The van der Waals surface area contributed by atoms with Crippen LogP contribution in [0.3, 0.4) is 0 Å². The second-order valence-electron chi connectivity index (χ2n) is 5.75. The lowest BCUT2D eigenvalue weighted by Gasteiger charge is -2.29. The molecule has 1 aliphatic carbocycles. The fourth-order valence-corrected chi connectivity index (χ4v) is 3.36. The molecular weight excluding hydrogens is 261 g/mol. The first-order valence-electron chi connectivity index (χ1n) is 7.20. The predicted octanol–water partition coefficient (Wildman–Crippen LogP) is 0.871. The van der Waals surface area contributed by atoms with Crippen LogP contribution in [-0.2, 0) is 0 Å². The summed E-state index contributed by atoms with van der Waals surface area (Å²) in [6.45, 7) is 1.57. The van der Waals surface area contributed by atoms with Crippen molar-refractivity contribution in [3.8, 4) is 0 Å². The van der Waals surface area contributed by atoms with E-state index in [-0.39, 0.29) is 29.8 Å². The number of halogens is 1. The van der Waals surface area contributed by atoms with Crippen LogP contribution < -0.4 is 5.32 Å². The number of aliphatic hydroxyl groups excluding tert-OH is 1. The second kappa shape index (κ2) is 5.54. The molecule has 0 bridgehead atoms. The van der Waals surface area contributed by atoms with Crippen LogP contribution in [0.1, 0.15) is 36.2 Å². The van der Waals surface area contributed by atoms with Crippen molar-refractivity contribution in [3.05, 3.63) is 23.8 Å². The third-order valence-corrected chi connectivity index (χ3v) is 4.35. The average molecular weight is 281 g/mol. The predicted molar refractivity (Wildman–Crippen MR) is 71.8 cm³/mol. The lowest BCUT2D eigenvalue weighted by atomic mass is 10.1. The number of nitrogens with one attached hydrogen (secondary N) is 2. The zero-order chi connectivity index (χ0) is 14.1. The van der Waals surface area contributed by atoms with Crippen molar-refractivity contribution in [2.45, 2.75) is 43.9 Å². The Balaban J connectivity index is 1.62. The molecule has 1 aromatic heterocycles. The van der Waals surface area contributed by atoms with Gasteiger partial charge in [-0.05, 0) is 25.7 Å². The fourth-order valence-electron chi connectivity index (χ4n) is 3.36. The van der Waals surface area contributed by atoms with Gasteiger partial charge in [0.15, 0.2) is 0 Å². The van der Waals surface area contributed by atoms with Crippen LogP contribution in [0.4, 0.5) is 4.39 Å². The van der Waals surface area contributed by atoms with Gasteiger partial charge in [-0.15, -0.1) is 0 Å². The fraction of sp³-hybridized carbons (Fsp3) is 0.643. The number of aliphatic hydroxyl groups is 1. The van der Waals surface area contributed by atoms with Crippen molar-refractivity contribution in [1.82, 2.24) is 15.2 Å². The molecule has 0 radical (unpaired) electrons. The van der Waals surface area contributed by atoms with E-state index in [1.807, 2.05) is 0 Å². The van der Waals surface area contributed by atoms with Crippen LogP contribution in [0.5, 0.6) is 0 Å². The Bertz CT molecular complexity index is 491. The molecule has 3 atom stereocenters. The molecule has 0 aromatic carbocycles. The number of carbonyl (C=O) groups is 1. The lowest BCUT2D eigenvalue weighted by Crippen LogP contribution is -2.48. The summed E-state index contributed by atoms with van der Waals surface area (Å²) in [4.78, 5) is 17.0. The first-order chi connectivity index (χ1) is 9.63. The Labute approximate surface area is 117 Å². The first kappa shape index (κ1) is 13.6. The van der Waals surface area contributed by atoms with Crippen LogP contribution in [0.25, 0.3) is 0 Å². The summed E-state index contributed by atoms with van der Waals surface area (Å²) in [5.41, 5.74) is 0.259. The van der Waals surface area contributed by atoms with Gasteiger partial charge in [-0.2, -0.15) is 0 Å². The standard InChI is InChI=1S/C14H20FN3O2/c15-9-6-12(16-7-9)14(20)17-11-2-1-3-13(11)18-5-4-10(19)8-18/h6-7,10-11,13,16,19H,1-5,8H2,(H,17,20)/t10?,11-,13+/m1/s1. The number of hydrogen-bond acceptors (Lipinski definition) is 3. The summed E-state index contributed by atoms with van der Waals surface area (Å²) in [6.07, 6.45) is 4.78. The van der Waals surface area contributed by atoms with Gasteiger partial charge in [0.05, 0.1) is 6.10 Å². The first-order valence-corrected chi connectivity index (χ1v) is 7.20. The van der Waals surface area contributed by atoms with Crippen molar-refractivity contribution in [2.75, 3.05) is 13.1 Å². The number of β-amino-alcohol motifs (C(OH)–C–C–N with tert-alkyl or cyclic N) is 1. The van der Waals surface area contributed by atoms with E-state index in [4.69, 9.17) is 0 Å². The molecule has 5 nitrogen and oxygen atoms in total. The Morgan fingerprint density at radius 2 is 2.30 bits per heavy atom. The van der Waals surface area contributed by atoms with Crippen molar-refractivity contribution in [1.29, 1.82) is 0 Å². The third kappa shape index (κ3) is 2.71. The minimum atomic E-state index is -0.430. The van der Waals surface area contributed by atoms with E-state index in [2.05, 4.69) is 15.2 Å². The Morgan fingerprint density at radius 1 is 1.45 bits per heavy atom. The van der Waals surface area contributed by atoms with Gasteiger partial charge < -0.3 is 15.4 Å². The minimum Gasteiger partial charge on any atom is -0.392 e. The molecule has 1 saturated heterocycles. The summed E-state index contributed by atoms with van der Waals surface area (Å²) < 4.78 is 12.9. The van der Waals surface area contributed by atoms with E-state index in [0.717, 1.165) is 32.2 Å². The third-order valence-electron chi connectivity index (χ3n) is 4.35. The van der Waals surface area contributed by atoms with E-state index < -0.39 is 5.82 Å². The molecule has 1 unspecified atom stereocenters. The maximum absolute atomic E-state index is 12.9. The van der Waals surface area contributed by atoms with Crippen molar-refractivity contribution in [2.24, 2.45) is 0 Å². The molecule has 0 spiro atoms. The normalized spacial score (nSPS) is 30.8. The van der Waals surface area contributed by atoms with Crippen molar-refractivity contribution in [3.63, 3.8) is 0 Å². The number of aromatic nitrogens is 1. The Kier molecular flexibility index (Phi) is 3.76. The number of nitrogens with zero attached hydrogens (tertiary/aromatic N) is 1. The van der Waals surface area contributed by atoms with E-state index in [1.165, 1.54) is 12.3 Å². The highest BCUT2D eigenvalue weighted by Crippen LogP contribution is 2.27. The molecule has 2 heterocycles. The molecule has 1 aromatic rings. The number of aromatic amines is 1. The average Bonchev–Trinajstić information content (AvgIpc) is 3.10. The molecule has 6 heteroatoms. The molecule has 2 fully saturated rings. The molecule has 2 aliphatic rings. The molecule has 3 rings (SSSR count). The molecule has 1 amide bonds. The Hall–Kier alpha value is -1.40. The van der Waals surface area contributed by atoms with Gasteiger partial charge in [0, 0.05) is 37.4 Å². The summed E-state index contributed by atoms with van der Waals surface area (Å²) in [6, 6.07) is 1.58. The van der Waals surface area contributed by atoms with Crippen LogP contribution in [0.2, 0.25) is 0 Å². The van der Waals surface area contributed by atoms with E-state index >= 15 is 0 Å². The smallest absolute Gasteiger partial charge is 0.268 e. The van der Waals surface area contributed by atoms with Crippen molar-refractivity contribution >= 4 is 5.91 Å². The van der Waals surface area contributed by atoms with Gasteiger partial charge in [-0.3, -0.25) is 9.69 Å². The van der Waals surface area contributed by atoms with Gasteiger partial charge in [-0.1, -0.05) is 0 Å². The van der Waals surface area contributed by atoms with Gasteiger partial charge in [0.1, 0.15) is 11.5 Å². The minimum absolute atomic E-state index is 0.0826. The summed E-state index contributed by atoms with van der Waals surface area (Å²) >= 11 is 0. The molecule has 1 saturated carbocycles. The lowest BCUT2D eigenvalue weighted by molar-refractivity contribution is 0.0901. The SMILES string of the molecule is O=C(N[C@@H]1CCC[C@@H]1N1CCC(O)C1)c1cc(F)c[nH]1. The van der Waals surface area contributed by atoms with Crippen LogP contribution >= 0.6 is 0 Å². The summed E-state index contributed by atoms with van der Waals surface area (Å²) in [5.74, 6) is -0.689. The topological polar surface area (TPSA) is 68.4 Å². The van der Waals surface area contributed by atoms with E-state index in [1.54, 1.807) is 0 Å². The van der Waals surface area contributed by atoms with Gasteiger partial charge in [0.25, 0.3) is 5.91 Å². The van der Waals surface area contributed by atoms with E-state index in [9.17, 15) is 14.3 Å². The quantitative estimate of drug-likeness (QED) is 0.770. The maximum Gasteiger partial charge on any atom is 0.268 e. The van der Waals surface area contributed by atoms with Crippen LogP contribution in [0, 0.1) is 5.82 Å². The molecule has 3 N–H and O–H groups in total. The molecule has 1 aliphatic heterocycles. The summed E-state index contributed by atoms with van der Waals surface area (Å²) in [5, 5.41) is 12.6. The highest BCUT2D eigenvalue weighted by Gasteiger charge is 2.36. The van der Waals surface area contributed by atoms with Crippen LogP contribution in [0.15, 0.2) is 12.3 Å². The number of hydrogen-bond donors (Lipinski definition) is 3. The molecule has 20 heavy (non-hydrogen) atoms. The zero-order valence-corrected chi connectivity index (χ0v) is 11.3. The highest BCUT2D eigenvalue weighted by molar-refractivity contribution is 5.92. The number of rotatable bonds is 3. The molecular formula is C14H20FN3O2. The Morgan fingerprint density at radius 3 is 2.95 bits per heavy atom. The van der Waals surface area contributed by atoms with Gasteiger partial charge in [0.2, 0.25) is 0 Å². The number of H-pyrrole nitrogens is 1. The van der Waals surface area contributed by atoms with E-state index in [0.29, 0.717) is 6.54 Å². The summed E-state index contributed by atoms with van der Waals surface area (Å²) in [7, 11) is 0. The second-order valence-corrected chi connectivity index (χ2v) is 5.75. The van der Waals surface area contributed by atoms with Gasteiger partial charge >= 0.3 is 0 Å². The number of carbonyl (C=O) groups excluding carboxylic acids is 1. The molecule has 110 valence electrons. The highest BCUT2D eigenvalue weighted by atomic mass is 19.1. The maximum atomic E-state index is 12.9.